The number of carbonyl (C=O) groups excluding carboxylic acids is 1. The van der Waals surface area contributed by atoms with Crippen LogP contribution in [0.2, 0.25) is 0 Å². The molecule has 1 N–H and O–H groups in total. The van der Waals surface area contributed by atoms with E-state index in [1.165, 1.54) is 23.3 Å². The minimum Gasteiger partial charge on any atom is -0.481 e. The first-order valence-corrected chi connectivity index (χ1v) is 10.6. The molecular weight excluding hydrogens is 405 g/mol. The number of halogens is 1. The van der Waals surface area contributed by atoms with E-state index >= 15 is 0 Å². The van der Waals surface area contributed by atoms with Crippen LogP contribution in [0.4, 0.5) is 15.9 Å². The average Bonchev–Trinajstić information content (AvgIpc) is 2.82. The van der Waals surface area contributed by atoms with E-state index in [1.807, 2.05) is 24.3 Å². The lowest BCUT2D eigenvalue weighted by molar-refractivity contribution is -0.118. The van der Waals surface area contributed by atoms with E-state index in [-0.39, 0.29) is 12.5 Å². The van der Waals surface area contributed by atoms with E-state index in [0.717, 1.165) is 30.7 Å². The van der Waals surface area contributed by atoms with Crippen LogP contribution in [0.15, 0.2) is 78.9 Å². The molecule has 0 spiro atoms. The van der Waals surface area contributed by atoms with Gasteiger partial charge in [0.25, 0.3) is 5.91 Å². The molecule has 0 fully saturated rings. The SMILES string of the molecule is O=C(COc1cccc2ccc(N3CCc4ccccc4C3)nc12)Nc1cccc(F)c1. The number of aromatic nitrogens is 1. The summed E-state index contributed by atoms with van der Waals surface area (Å²) in [6.07, 6.45) is 0.980. The maximum atomic E-state index is 13.3. The predicted molar refractivity (Wildman–Crippen MR) is 123 cm³/mol. The number of pyridine rings is 1. The van der Waals surface area contributed by atoms with Crippen LogP contribution in [0.5, 0.6) is 5.75 Å². The second-order valence-electron chi connectivity index (χ2n) is 7.78. The lowest BCUT2D eigenvalue weighted by Gasteiger charge is -2.30. The van der Waals surface area contributed by atoms with Crippen LogP contribution in [-0.4, -0.2) is 24.0 Å². The molecule has 0 unspecified atom stereocenters. The summed E-state index contributed by atoms with van der Waals surface area (Å²) in [5.41, 5.74) is 3.81. The summed E-state index contributed by atoms with van der Waals surface area (Å²) in [6, 6.07) is 24.0. The Hall–Kier alpha value is -3.93. The summed E-state index contributed by atoms with van der Waals surface area (Å²) in [4.78, 5) is 19.4. The summed E-state index contributed by atoms with van der Waals surface area (Å²) in [5.74, 6) is 0.648. The molecule has 4 aromatic rings. The first-order chi connectivity index (χ1) is 15.7. The second-order valence-corrected chi connectivity index (χ2v) is 7.78. The number of hydrogen-bond donors (Lipinski definition) is 1. The van der Waals surface area contributed by atoms with Crippen LogP contribution < -0.4 is 15.0 Å². The van der Waals surface area contributed by atoms with E-state index in [9.17, 15) is 9.18 Å². The molecule has 5 rings (SSSR count). The normalized spacial score (nSPS) is 13.0. The van der Waals surface area contributed by atoms with Crippen molar-refractivity contribution in [2.45, 2.75) is 13.0 Å². The molecule has 1 aliphatic heterocycles. The van der Waals surface area contributed by atoms with Crippen LogP contribution in [0.1, 0.15) is 11.1 Å². The smallest absolute Gasteiger partial charge is 0.262 e. The van der Waals surface area contributed by atoms with Crippen LogP contribution in [0, 0.1) is 5.82 Å². The number of hydrogen-bond acceptors (Lipinski definition) is 4. The Bertz CT molecular complexity index is 1290. The van der Waals surface area contributed by atoms with E-state index in [2.05, 4.69) is 34.5 Å². The highest BCUT2D eigenvalue weighted by Gasteiger charge is 2.18. The fraction of sp³-hybridized carbons (Fsp3) is 0.154. The largest absolute Gasteiger partial charge is 0.481 e. The molecule has 2 heterocycles. The van der Waals surface area contributed by atoms with Gasteiger partial charge < -0.3 is 15.0 Å². The van der Waals surface area contributed by atoms with Gasteiger partial charge in [-0.05, 0) is 53.9 Å². The number of nitrogens with one attached hydrogen (secondary N) is 1. The fourth-order valence-corrected chi connectivity index (χ4v) is 4.00. The first-order valence-electron chi connectivity index (χ1n) is 10.6. The third-order valence-electron chi connectivity index (χ3n) is 5.59. The van der Waals surface area contributed by atoms with Gasteiger partial charge in [0.05, 0.1) is 0 Å². The van der Waals surface area contributed by atoms with Crippen LogP contribution in [0.3, 0.4) is 0 Å². The van der Waals surface area contributed by atoms with Gasteiger partial charge in [-0.15, -0.1) is 0 Å². The molecular formula is C26H22FN3O2. The summed E-state index contributed by atoms with van der Waals surface area (Å²) >= 11 is 0. The minimum atomic E-state index is -0.408. The van der Waals surface area contributed by atoms with Crippen molar-refractivity contribution in [1.29, 1.82) is 0 Å². The highest BCUT2D eigenvalue weighted by molar-refractivity contribution is 5.92. The third kappa shape index (κ3) is 4.25. The summed E-state index contributed by atoms with van der Waals surface area (Å²) < 4.78 is 19.1. The molecule has 5 nitrogen and oxygen atoms in total. The zero-order chi connectivity index (χ0) is 21.9. The molecule has 0 radical (unpaired) electrons. The van der Waals surface area contributed by atoms with Crippen LogP contribution in [0.25, 0.3) is 10.9 Å². The Morgan fingerprint density at radius 1 is 1.00 bits per heavy atom. The Labute approximate surface area is 185 Å². The van der Waals surface area contributed by atoms with Crippen LogP contribution in [-0.2, 0) is 17.8 Å². The predicted octanol–water partition coefficient (Wildman–Crippen LogP) is 4.95. The van der Waals surface area contributed by atoms with Gasteiger partial charge in [0, 0.05) is 24.2 Å². The van der Waals surface area contributed by atoms with Crippen molar-refractivity contribution in [3.63, 3.8) is 0 Å². The number of carbonyl (C=O) groups is 1. The number of fused-ring (bicyclic) bond motifs is 2. The molecule has 1 aromatic heterocycles. The highest BCUT2D eigenvalue weighted by Crippen LogP contribution is 2.29. The van der Waals surface area contributed by atoms with Crippen molar-refractivity contribution in [2.24, 2.45) is 0 Å². The van der Waals surface area contributed by atoms with E-state index in [4.69, 9.17) is 9.72 Å². The molecule has 0 saturated carbocycles. The van der Waals surface area contributed by atoms with Crippen LogP contribution >= 0.6 is 0 Å². The van der Waals surface area contributed by atoms with Gasteiger partial charge in [0.1, 0.15) is 22.9 Å². The zero-order valence-corrected chi connectivity index (χ0v) is 17.4. The number of anilines is 2. The number of benzene rings is 3. The van der Waals surface area contributed by atoms with Crippen molar-refractivity contribution in [1.82, 2.24) is 4.98 Å². The maximum absolute atomic E-state index is 13.3. The van der Waals surface area contributed by atoms with Crippen molar-refractivity contribution in [3.8, 4) is 5.75 Å². The Kier molecular flexibility index (Phi) is 5.42. The van der Waals surface area contributed by atoms with Gasteiger partial charge in [-0.3, -0.25) is 4.79 Å². The number of amides is 1. The standard InChI is InChI=1S/C26H22FN3O2/c27-21-8-4-9-22(15-21)28-25(31)17-32-23-10-3-7-19-11-12-24(29-26(19)23)30-14-13-18-5-1-2-6-20(18)16-30/h1-12,15H,13-14,16-17H2,(H,28,31). The number of ether oxygens (including phenoxy) is 1. The average molecular weight is 427 g/mol. The van der Waals surface area contributed by atoms with Gasteiger partial charge >= 0.3 is 0 Å². The van der Waals surface area contributed by atoms with E-state index in [0.29, 0.717) is 17.0 Å². The lowest BCUT2D eigenvalue weighted by atomic mass is 10.00. The number of para-hydroxylation sites is 1. The van der Waals surface area contributed by atoms with Crippen molar-refractivity contribution in [3.05, 3.63) is 95.8 Å². The minimum absolute atomic E-state index is 0.196. The zero-order valence-electron chi connectivity index (χ0n) is 17.4. The second kappa shape index (κ2) is 8.67. The number of rotatable bonds is 5. The van der Waals surface area contributed by atoms with Gasteiger partial charge in [0.15, 0.2) is 6.61 Å². The topological polar surface area (TPSA) is 54.5 Å². The van der Waals surface area contributed by atoms with Gasteiger partial charge in [0.2, 0.25) is 0 Å². The molecule has 1 amide bonds. The summed E-state index contributed by atoms with van der Waals surface area (Å²) in [7, 11) is 0. The molecule has 0 atom stereocenters. The Morgan fingerprint density at radius 2 is 1.84 bits per heavy atom. The highest BCUT2D eigenvalue weighted by atomic mass is 19.1. The third-order valence-corrected chi connectivity index (χ3v) is 5.59. The lowest BCUT2D eigenvalue weighted by Crippen LogP contribution is -2.30. The van der Waals surface area contributed by atoms with Crippen molar-refractivity contribution in [2.75, 3.05) is 23.4 Å². The molecule has 0 bridgehead atoms. The molecule has 0 aliphatic carbocycles. The van der Waals surface area contributed by atoms with Gasteiger partial charge in [-0.1, -0.05) is 42.5 Å². The quantitative estimate of drug-likeness (QED) is 0.489. The van der Waals surface area contributed by atoms with E-state index < -0.39 is 5.82 Å². The molecule has 160 valence electrons. The monoisotopic (exact) mass is 427 g/mol. The number of nitrogens with zero attached hydrogens (tertiary/aromatic N) is 2. The fourth-order valence-electron chi connectivity index (χ4n) is 4.00. The molecule has 3 aromatic carbocycles. The molecule has 0 saturated heterocycles. The van der Waals surface area contributed by atoms with E-state index in [1.54, 1.807) is 18.2 Å². The maximum Gasteiger partial charge on any atom is 0.262 e. The van der Waals surface area contributed by atoms with Crippen molar-refractivity contribution >= 4 is 28.3 Å². The molecule has 1 aliphatic rings. The Morgan fingerprint density at radius 3 is 2.72 bits per heavy atom. The van der Waals surface area contributed by atoms with Crippen molar-refractivity contribution < 1.29 is 13.9 Å². The summed E-state index contributed by atoms with van der Waals surface area (Å²) in [5, 5.41) is 3.58. The molecule has 32 heavy (non-hydrogen) atoms. The first kappa shape index (κ1) is 20.0. The summed E-state index contributed by atoms with van der Waals surface area (Å²) in [6.45, 7) is 1.51. The molecule has 6 heteroatoms. The van der Waals surface area contributed by atoms with Gasteiger partial charge in [-0.2, -0.15) is 0 Å². The Balaban J connectivity index is 1.33. The van der Waals surface area contributed by atoms with Gasteiger partial charge in [-0.25, -0.2) is 9.37 Å².